The minimum Gasteiger partial charge on any atom is -0.497 e. The van der Waals surface area contributed by atoms with Gasteiger partial charge in [-0.15, -0.1) is 0 Å². The maximum atomic E-state index is 12.9. The first-order chi connectivity index (χ1) is 15.5. The fourth-order valence-electron chi connectivity index (χ4n) is 3.61. The van der Waals surface area contributed by atoms with Crippen LogP contribution >= 0.6 is 0 Å². The van der Waals surface area contributed by atoms with Crippen molar-refractivity contribution in [3.05, 3.63) is 84.2 Å². The number of pyridine rings is 1. The van der Waals surface area contributed by atoms with Crippen molar-refractivity contribution in [3.8, 4) is 11.5 Å². The first kappa shape index (κ1) is 22.3. The summed E-state index contributed by atoms with van der Waals surface area (Å²) in [6.07, 6.45) is 1.75. The Hall–Kier alpha value is -2.94. The number of methoxy groups -OCH3 is 1. The minimum atomic E-state index is -3.49. The minimum absolute atomic E-state index is 0.299. The van der Waals surface area contributed by atoms with Crippen LogP contribution < -0.4 is 9.47 Å². The van der Waals surface area contributed by atoms with E-state index in [0.29, 0.717) is 43.4 Å². The van der Waals surface area contributed by atoms with Gasteiger partial charge in [0.05, 0.1) is 17.7 Å². The van der Waals surface area contributed by atoms with E-state index in [-0.39, 0.29) is 0 Å². The molecule has 0 unspecified atom stereocenters. The predicted octanol–water partition coefficient (Wildman–Crippen LogP) is 3.18. The number of hydrogen-bond acceptors (Lipinski definition) is 6. The Morgan fingerprint density at radius 2 is 1.56 bits per heavy atom. The highest BCUT2D eigenvalue weighted by molar-refractivity contribution is 7.89. The molecule has 1 aliphatic rings. The van der Waals surface area contributed by atoms with Gasteiger partial charge in [0.25, 0.3) is 0 Å². The van der Waals surface area contributed by atoms with Crippen LogP contribution in [0.1, 0.15) is 11.3 Å². The standard InChI is InChI=1S/C24H27N3O4S/c1-30-22-9-11-24(12-10-22)32(28,29)27-16-14-26(15-17-27)18-20-5-7-23(8-6-20)31-19-21-4-2-3-13-25-21/h2-13H,14-19H2,1H3. The number of ether oxygens (including phenoxy) is 2. The van der Waals surface area contributed by atoms with Crippen molar-refractivity contribution in [3.63, 3.8) is 0 Å². The van der Waals surface area contributed by atoms with E-state index in [1.165, 1.54) is 5.56 Å². The molecule has 0 atom stereocenters. The molecule has 2 aromatic carbocycles. The molecule has 0 saturated carbocycles. The van der Waals surface area contributed by atoms with E-state index in [0.717, 1.165) is 18.0 Å². The lowest BCUT2D eigenvalue weighted by Crippen LogP contribution is -2.48. The number of nitrogens with zero attached hydrogens (tertiary/aromatic N) is 3. The molecule has 0 radical (unpaired) electrons. The zero-order chi connectivity index (χ0) is 22.4. The molecule has 0 aliphatic carbocycles. The number of benzene rings is 2. The van der Waals surface area contributed by atoms with Gasteiger partial charge < -0.3 is 9.47 Å². The zero-order valence-electron chi connectivity index (χ0n) is 18.1. The van der Waals surface area contributed by atoms with Crippen molar-refractivity contribution >= 4 is 10.0 Å². The first-order valence-corrected chi connectivity index (χ1v) is 12.0. The summed E-state index contributed by atoms with van der Waals surface area (Å²) in [5.74, 6) is 1.44. The molecule has 8 heteroatoms. The zero-order valence-corrected chi connectivity index (χ0v) is 18.9. The molecule has 32 heavy (non-hydrogen) atoms. The second kappa shape index (κ2) is 10.1. The van der Waals surface area contributed by atoms with Crippen LogP contribution in [0.25, 0.3) is 0 Å². The molecule has 0 spiro atoms. The fourth-order valence-corrected chi connectivity index (χ4v) is 5.04. The molecule has 0 N–H and O–H groups in total. The van der Waals surface area contributed by atoms with Gasteiger partial charge in [-0.2, -0.15) is 4.31 Å². The van der Waals surface area contributed by atoms with Gasteiger partial charge in [-0.1, -0.05) is 18.2 Å². The van der Waals surface area contributed by atoms with Gasteiger partial charge in [-0.25, -0.2) is 8.42 Å². The van der Waals surface area contributed by atoms with E-state index in [9.17, 15) is 8.42 Å². The molecule has 1 fully saturated rings. The predicted molar refractivity (Wildman–Crippen MR) is 122 cm³/mol. The van der Waals surface area contributed by atoms with Crippen molar-refractivity contribution in [2.75, 3.05) is 33.3 Å². The van der Waals surface area contributed by atoms with Gasteiger partial charge in [-0.3, -0.25) is 9.88 Å². The molecule has 1 aromatic heterocycles. The van der Waals surface area contributed by atoms with E-state index in [1.54, 1.807) is 41.9 Å². The fraction of sp³-hybridized carbons (Fsp3) is 0.292. The summed E-state index contributed by atoms with van der Waals surface area (Å²) in [6.45, 7) is 3.53. The Morgan fingerprint density at radius 3 is 2.19 bits per heavy atom. The van der Waals surface area contributed by atoms with Crippen molar-refractivity contribution in [2.24, 2.45) is 0 Å². The summed E-state index contributed by atoms with van der Waals surface area (Å²) in [4.78, 5) is 6.82. The summed E-state index contributed by atoms with van der Waals surface area (Å²) in [5, 5.41) is 0. The molecule has 3 aromatic rings. The number of rotatable bonds is 8. The van der Waals surface area contributed by atoms with E-state index in [2.05, 4.69) is 9.88 Å². The van der Waals surface area contributed by atoms with Crippen molar-refractivity contribution < 1.29 is 17.9 Å². The molecule has 1 aliphatic heterocycles. The molecule has 2 heterocycles. The third-order valence-electron chi connectivity index (χ3n) is 5.47. The quantitative estimate of drug-likeness (QED) is 0.522. The van der Waals surface area contributed by atoms with Crippen LogP contribution in [-0.4, -0.2) is 55.9 Å². The highest BCUT2D eigenvalue weighted by Gasteiger charge is 2.28. The van der Waals surface area contributed by atoms with Crippen LogP contribution in [0, 0.1) is 0 Å². The lowest BCUT2D eigenvalue weighted by atomic mass is 10.2. The SMILES string of the molecule is COc1ccc(S(=O)(=O)N2CCN(Cc3ccc(OCc4ccccn4)cc3)CC2)cc1. The van der Waals surface area contributed by atoms with Crippen LogP contribution in [0.5, 0.6) is 11.5 Å². The van der Waals surface area contributed by atoms with E-state index < -0.39 is 10.0 Å². The average Bonchev–Trinajstić information content (AvgIpc) is 2.85. The van der Waals surface area contributed by atoms with Crippen molar-refractivity contribution in [1.29, 1.82) is 0 Å². The number of aromatic nitrogens is 1. The molecule has 0 bridgehead atoms. The molecule has 1 saturated heterocycles. The largest absolute Gasteiger partial charge is 0.497 e. The number of sulfonamides is 1. The lowest BCUT2D eigenvalue weighted by molar-refractivity contribution is 0.181. The van der Waals surface area contributed by atoms with Crippen molar-refractivity contribution in [2.45, 2.75) is 18.0 Å². The van der Waals surface area contributed by atoms with Gasteiger partial charge in [0.15, 0.2) is 0 Å². The molecular weight excluding hydrogens is 426 g/mol. The summed E-state index contributed by atoms with van der Waals surface area (Å²) in [6, 6.07) is 20.3. The average molecular weight is 454 g/mol. The molecule has 0 amide bonds. The van der Waals surface area contributed by atoms with Crippen molar-refractivity contribution in [1.82, 2.24) is 14.2 Å². The van der Waals surface area contributed by atoms with E-state index in [4.69, 9.17) is 9.47 Å². The normalized spacial score (nSPS) is 15.4. The Kier molecular flexibility index (Phi) is 7.04. The first-order valence-electron chi connectivity index (χ1n) is 10.5. The number of piperazine rings is 1. The number of hydrogen-bond donors (Lipinski definition) is 0. The van der Waals surface area contributed by atoms with Crippen LogP contribution in [-0.2, 0) is 23.2 Å². The Balaban J connectivity index is 1.28. The molecule has 7 nitrogen and oxygen atoms in total. The highest BCUT2D eigenvalue weighted by atomic mass is 32.2. The van der Waals surface area contributed by atoms with Crippen LogP contribution in [0.2, 0.25) is 0 Å². The summed E-state index contributed by atoms with van der Waals surface area (Å²) >= 11 is 0. The monoisotopic (exact) mass is 453 g/mol. The molecule has 4 rings (SSSR count). The molecule has 168 valence electrons. The second-order valence-corrected chi connectivity index (χ2v) is 9.55. The van der Waals surface area contributed by atoms with Gasteiger partial charge in [0.2, 0.25) is 10.0 Å². The summed E-state index contributed by atoms with van der Waals surface area (Å²) < 4.78 is 38.3. The Morgan fingerprint density at radius 1 is 0.875 bits per heavy atom. The molecular formula is C24H27N3O4S. The van der Waals surface area contributed by atoms with Gasteiger partial charge in [0.1, 0.15) is 18.1 Å². The van der Waals surface area contributed by atoms with Crippen LogP contribution in [0.15, 0.2) is 77.8 Å². The van der Waals surface area contributed by atoms with Gasteiger partial charge in [-0.05, 0) is 54.1 Å². The van der Waals surface area contributed by atoms with E-state index >= 15 is 0 Å². The third-order valence-corrected chi connectivity index (χ3v) is 7.38. The summed E-state index contributed by atoms with van der Waals surface area (Å²) in [7, 11) is -1.93. The second-order valence-electron chi connectivity index (χ2n) is 7.61. The van der Waals surface area contributed by atoms with Crippen LogP contribution in [0.4, 0.5) is 0 Å². The Labute approximate surface area is 189 Å². The topological polar surface area (TPSA) is 72.0 Å². The lowest BCUT2D eigenvalue weighted by Gasteiger charge is -2.34. The smallest absolute Gasteiger partial charge is 0.243 e. The maximum absolute atomic E-state index is 12.9. The Bertz CT molecular complexity index is 1100. The van der Waals surface area contributed by atoms with Crippen LogP contribution in [0.3, 0.4) is 0 Å². The highest BCUT2D eigenvalue weighted by Crippen LogP contribution is 2.21. The summed E-state index contributed by atoms with van der Waals surface area (Å²) in [5.41, 5.74) is 2.06. The van der Waals surface area contributed by atoms with E-state index in [1.807, 2.05) is 42.5 Å². The van der Waals surface area contributed by atoms with Gasteiger partial charge in [0, 0.05) is 38.9 Å². The van der Waals surface area contributed by atoms with Gasteiger partial charge >= 0.3 is 0 Å². The maximum Gasteiger partial charge on any atom is 0.243 e. The third kappa shape index (κ3) is 5.45.